The molecule has 0 unspecified atom stereocenters. The minimum Gasteiger partial charge on any atom is -0.424 e. The van der Waals surface area contributed by atoms with Gasteiger partial charge in [0.1, 0.15) is 0 Å². The van der Waals surface area contributed by atoms with Gasteiger partial charge >= 0.3 is 13.3 Å². The van der Waals surface area contributed by atoms with Crippen LogP contribution in [0.2, 0.25) is 0 Å². The summed E-state index contributed by atoms with van der Waals surface area (Å²) in [6.07, 6.45) is -1.50. The minimum absolute atomic E-state index is 0.210. The van der Waals surface area contributed by atoms with Crippen LogP contribution in [0.4, 0.5) is 13.2 Å². The molecule has 0 radical (unpaired) electrons. The van der Waals surface area contributed by atoms with E-state index in [2.05, 4.69) is 4.98 Å². The largest absolute Gasteiger partial charge is 0.480 e. The van der Waals surface area contributed by atoms with Gasteiger partial charge in [0.15, 0.2) is 0 Å². The first-order valence-electron chi connectivity index (χ1n) is 3.97. The van der Waals surface area contributed by atoms with Crippen LogP contribution in [0.1, 0.15) is 11.1 Å². The summed E-state index contributed by atoms with van der Waals surface area (Å²) in [5.74, 6) is 0.826. The van der Waals surface area contributed by atoms with Gasteiger partial charge in [0.05, 0.1) is 5.56 Å². The Balaban J connectivity index is 3.08. The molecule has 0 spiro atoms. The molecule has 1 aromatic rings. The van der Waals surface area contributed by atoms with Crippen molar-refractivity contribution in [3.05, 3.63) is 35.6 Å². The number of hydrogen-bond donors (Lipinski definition) is 2. The SMILES string of the molecule is OB(O)/C=C/c1cnccc1C(F)(F)F. The molecule has 0 aliphatic rings. The van der Waals surface area contributed by atoms with Crippen LogP contribution in [0, 0.1) is 0 Å². The molecule has 80 valence electrons. The molecule has 0 amide bonds. The first kappa shape index (κ1) is 11.7. The Morgan fingerprint density at radius 1 is 1.33 bits per heavy atom. The number of rotatable bonds is 2. The maximum Gasteiger partial charge on any atom is 0.480 e. The molecule has 0 bridgehead atoms. The van der Waals surface area contributed by atoms with E-state index in [9.17, 15) is 13.2 Å². The molecule has 1 aromatic heterocycles. The Labute approximate surface area is 84.0 Å². The molecular formula is C8H7BF3NO2. The fourth-order valence-corrected chi connectivity index (χ4v) is 0.987. The number of aromatic nitrogens is 1. The third kappa shape index (κ3) is 3.37. The number of hydrogen-bond acceptors (Lipinski definition) is 3. The van der Waals surface area contributed by atoms with E-state index >= 15 is 0 Å². The van der Waals surface area contributed by atoms with Crippen LogP contribution >= 0.6 is 0 Å². The molecule has 0 aromatic carbocycles. The van der Waals surface area contributed by atoms with Crippen molar-refractivity contribution in [1.29, 1.82) is 0 Å². The summed E-state index contributed by atoms with van der Waals surface area (Å²) in [6, 6.07) is 0.823. The minimum atomic E-state index is -4.48. The highest BCUT2D eigenvalue weighted by molar-refractivity contribution is 6.48. The molecule has 7 heteroatoms. The molecule has 3 nitrogen and oxygen atoms in total. The van der Waals surface area contributed by atoms with Crippen LogP contribution in [-0.2, 0) is 6.18 Å². The van der Waals surface area contributed by atoms with E-state index in [1.165, 1.54) is 0 Å². The molecule has 0 saturated carbocycles. The molecular weight excluding hydrogens is 210 g/mol. The molecule has 0 atom stereocenters. The Morgan fingerprint density at radius 2 is 2.00 bits per heavy atom. The van der Waals surface area contributed by atoms with Crippen molar-refractivity contribution in [1.82, 2.24) is 4.98 Å². The number of halogens is 3. The van der Waals surface area contributed by atoms with Gasteiger partial charge in [-0.15, -0.1) is 0 Å². The maximum absolute atomic E-state index is 12.4. The molecule has 0 fully saturated rings. The molecule has 0 saturated heterocycles. The second kappa shape index (κ2) is 4.46. The third-order valence-corrected chi connectivity index (χ3v) is 1.61. The Hall–Kier alpha value is -1.34. The monoisotopic (exact) mass is 217 g/mol. The predicted molar refractivity (Wildman–Crippen MR) is 48.5 cm³/mol. The third-order valence-electron chi connectivity index (χ3n) is 1.61. The van der Waals surface area contributed by atoms with E-state index in [0.29, 0.717) is 0 Å². The van der Waals surface area contributed by atoms with Gasteiger partial charge in [-0.25, -0.2) is 0 Å². The summed E-state index contributed by atoms with van der Waals surface area (Å²) < 4.78 is 37.2. The fourth-order valence-electron chi connectivity index (χ4n) is 0.987. The average Bonchev–Trinajstić information content (AvgIpc) is 2.13. The van der Waals surface area contributed by atoms with Crippen molar-refractivity contribution in [2.24, 2.45) is 0 Å². The van der Waals surface area contributed by atoms with Crippen LogP contribution in [0.25, 0.3) is 6.08 Å². The first-order chi connectivity index (χ1) is 6.91. The lowest BCUT2D eigenvalue weighted by Gasteiger charge is -2.08. The smallest absolute Gasteiger partial charge is 0.424 e. The lowest BCUT2D eigenvalue weighted by atomic mass is 9.90. The molecule has 2 N–H and O–H groups in total. The van der Waals surface area contributed by atoms with E-state index in [4.69, 9.17) is 10.0 Å². The molecule has 1 heterocycles. The second-order valence-electron chi connectivity index (χ2n) is 2.73. The van der Waals surface area contributed by atoms with Crippen LogP contribution in [-0.4, -0.2) is 22.2 Å². The van der Waals surface area contributed by atoms with Gasteiger partial charge in [-0.1, -0.05) is 12.1 Å². The number of alkyl halides is 3. The van der Waals surface area contributed by atoms with Crippen LogP contribution in [0.5, 0.6) is 0 Å². The lowest BCUT2D eigenvalue weighted by Crippen LogP contribution is -2.09. The Bertz CT molecular complexity index is 365. The summed E-state index contributed by atoms with van der Waals surface area (Å²) in [5.41, 5.74) is -1.08. The average molecular weight is 217 g/mol. The zero-order valence-electron chi connectivity index (χ0n) is 7.44. The van der Waals surface area contributed by atoms with Crippen LogP contribution in [0.15, 0.2) is 24.4 Å². The number of pyridine rings is 1. The van der Waals surface area contributed by atoms with Gasteiger partial charge in [-0.3, -0.25) is 4.98 Å². The summed E-state index contributed by atoms with van der Waals surface area (Å²) in [5, 5.41) is 16.9. The molecule has 15 heavy (non-hydrogen) atoms. The molecule has 0 aliphatic carbocycles. The summed E-state index contributed by atoms with van der Waals surface area (Å²) in [6.45, 7) is 0. The van der Waals surface area contributed by atoms with Crippen molar-refractivity contribution in [2.75, 3.05) is 0 Å². The fraction of sp³-hybridized carbons (Fsp3) is 0.125. The number of nitrogens with zero attached hydrogens (tertiary/aromatic N) is 1. The standard InChI is InChI=1S/C8H7BF3NO2/c10-8(11,12)7-2-4-13-5-6(7)1-3-9(14)15/h1-5,14-15H/b3-1+. The van der Waals surface area contributed by atoms with Gasteiger partial charge < -0.3 is 10.0 Å². The van der Waals surface area contributed by atoms with Crippen molar-refractivity contribution < 1.29 is 23.2 Å². The summed E-state index contributed by atoms with van der Waals surface area (Å²) >= 11 is 0. The van der Waals surface area contributed by atoms with Crippen LogP contribution in [0.3, 0.4) is 0 Å². The highest BCUT2D eigenvalue weighted by Gasteiger charge is 2.32. The van der Waals surface area contributed by atoms with E-state index in [1.54, 1.807) is 0 Å². The second-order valence-corrected chi connectivity index (χ2v) is 2.73. The normalized spacial score (nSPS) is 12.1. The summed E-state index contributed by atoms with van der Waals surface area (Å²) in [7, 11) is -1.79. The highest BCUT2D eigenvalue weighted by Crippen LogP contribution is 2.31. The van der Waals surface area contributed by atoms with Crippen LogP contribution < -0.4 is 0 Å². The molecule has 1 rings (SSSR count). The zero-order valence-corrected chi connectivity index (χ0v) is 7.44. The highest BCUT2D eigenvalue weighted by atomic mass is 19.4. The quantitative estimate of drug-likeness (QED) is 0.730. The van der Waals surface area contributed by atoms with Gasteiger partial charge in [0.25, 0.3) is 0 Å². The molecule has 0 aliphatic heterocycles. The van der Waals surface area contributed by atoms with Crippen molar-refractivity contribution >= 4 is 13.2 Å². The lowest BCUT2D eigenvalue weighted by molar-refractivity contribution is -0.137. The maximum atomic E-state index is 12.4. The Kier molecular flexibility index (Phi) is 3.49. The van der Waals surface area contributed by atoms with E-state index in [1.807, 2.05) is 0 Å². The van der Waals surface area contributed by atoms with Gasteiger partial charge in [0, 0.05) is 18.0 Å². The van der Waals surface area contributed by atoms with Gasteiger partial charge in [0.2, 0.25) is 0 Å². The van der Waals surface area contributed by atoms with E-state index in [0.717, 1.165) is 30.5 Å². The van der Waals surface area contributed by atoms with E-state index < -0.39 is 18.9 Å². The van der Waals surface area contributed by atoms with E-state index in [-0.39, 0.29) is 5.56 Å². The zero-order chi connectivity index (χ0) is 11.5. The van der Waals surface area contributed by atoms with Gasteiger partial charge in [-0.2, -0.15) is 13.2 Å². The Morgan fingerprint density at radius 3 is 2.53 bits per heavy atom. The van der Waals surface area contributed by atoms with Crippen molar-refractivity contribution in [3.63, 3.8) is 0 Å². The van der Waals surface area contributed by atoms with Crippen molar-refractivity contribution in [3.8, 4) is 0 Å². The van der Waals surface area contributed by atoms with Crippen molar-refractivity contribution in [2.45, 2.75) is 6.18 Å². The predicted octanol–water partition coefficient (Wildman–Crippen LogP) is 1.13. The summed E-state index contributed by atoms with van der Waals surface area (Å²) in [4.78, 5) is 3.52. The van der Waals surface area contributed by atoms with Gasteiger partial charge in [-0.05, 0) is 6.07 Å². The first-order valence-corrected chi connectivity index (χ1v) is 3.97. The topological polar surface area (TPSA) is 53.4 Å².